The molecule has 0 radical (unpaired) electrons. The molecule has 0 saturated carbocycles. The Bertz CT molecular complexity index is 427. The molecule has 1 saturated heterocycles. The molecule has 1 atom stereocenters. The fourth-order valence-electron chi connectivity index (χ4n) is 1.94. The Kier molecular flexibility index (Phi) is 4.04. The number of amides is 1. The molecule has 5 nitrogen and oxygen atoms in total. The van der Waals surface area contributed by atoms with Crippen LogP contribution in [0.5, 0.6) is 11.5 Å². The third kappa shape index (κ3) is 3.13. The number of phenols is 2. The zero-order valence-electron chi connectivity index (χ0n) is 10.1. The highest BCUT2D eigenvalue weighted by Crippen LogP contribution is 2.24. The van der Waals surface area contributed by atoms with Crippen LogP contribution in [0.4, 0.5) is 0 Å². The van der Waals surface area contributed by atoms with Crippen LogP contribution in [-0.4, -0.2) is 35.4 Å². The van der Waals surface area contributed by atoms with Gasteiger partial charge in [0.1, 0.15) is 0 Å². The lowest BCUT2D eigenvalue weighted by Crippen LogP contribution is -2.35. The predicted molar refractivity (Wildman–Crippen MR) is 65.7 cm³/mol. The van der Waals surface area contributed by atoms with E-state index < -0.39 is 0 Å². The summed E-state index contributed by atoms with van der Waals surface area (Å²) in [5.41, 5.74) is 0.320. The van der Waals surface area contributed by atoms with Gasteiger partial charge >= 0.3 is 0 Å². The third-order valence-electron chi connectivity index (χ3n) is 3.00. The molecule has 1 aromatic rings. The average molecular weight is 251 g/mol. The summed E-state index contributed by atoms with van der Waals surface area (Å²) in [6.07, 6.45) is 3.24. The monoisotopic (exact) mass is 251 g/mol. The summed E-state index contributed by atoms with van der Waals surface area (Å²) in [7, 11) is 0. The van der Waals surface area contributed by atoms with Crippen molar-refractivity contribution in [3.05, 3.63) is 23.8 Å². The van der Waals surface area contributed by atoms with Crippen LogP contribution in [0.25, 0.3) is 0 Å². The molecule has 1 aliphatic rings. The summed E-state index contributed by atoms with van der Waals surface area (Å²) in [6.45, 7) is 1.22. The zero-order valence-corrected chi connectivity index (χ0v) is 10.1. The van der Waals surface area contributed by atoms with E-state index in [1.807, 2.05) is 0 Å². The van der Waals surface area contributed by atoms with Crippen molar-refractivity contribution in [3.63, 3.8) is 0 Å². The van der Waals surface area contributed by atoms with Gasteiger partial charge in [0.25, 0.3) is 5.91 Å². The fourth-order valence-corrected chi connectivity index (χ4v) is 1.94. The van der Waals surface area contributed by atoms with Crippen molar-refractivity contribution in [1.82, 2.24) is 5.32 Å². The number of nitrogens with one attached hydrogen (secondary N) is 1. The second kappa shape index (κ2) is 5.73. The van der Waals surface area contributed by atoms with E-state index in [0.29, 0.717) is 12.1 Å². The van der Waals surface area contributed by atoms with Crippen molar-refractivity contribution in [1.29, 1.82) is 0 Å². The highest BCUT2D eigenvalue weighted by molar-refractivity contribution is 5.94. The topological polar surface area (TPSA) is 78.8 Å². The number of phenolic OH excluding ortho intramolecular Hbond substituents is 2. The second-order valence-electron chi connectivity index (χ2n) is 4.40. The summed E-state index contributed by atoms with van der Waals surface area (Å²) in [4.78, 5) is 11.8. The maximum atomic E-state index is 11.8. The van der Waals surface area contributed by atoms with Gasteiger partial charge in [0.15, 0.2) is 11.5 Å². The van der Waals surface area contributed by atoms with Crippen LogP contribution in [0.3, 0.4) is 0 Å². The van der Waals surface area contributed by atoms with Gasteiger partial charge in [-0.25, -0.2) is 0 Å². The maximum absolute atomic E-state index is 11.8. The Morgan fingerprint density at radius 3 is 2.83 bits per heavy atom. The summed E-state index contributed by atoms with van der Waals surface area (Å²) < 4.78 is 5.50. The molecule has 0 bridgehead atoms. The lowest BCUT2D eigenvalue weighted by atomic mass is 10.1. The first-order chi connectivity index (χ1) is 8.66. The van der Waals surface area contributed by atoms with E-state index in [9.17, 15) is 9.90 Å². The highest BCUT2D eigenvalue weighted by Gasteiger charge is 2.15. The molecule has 1 aromatic carbocycles. The molecule has 1 aliphatic heterocycles. The minimum absolute atomic E-state index is 0.0772. The standard InChI is InChI=1S/C13H17NO4/c15-11-5-4-9(7-12(11)16)13(17)14-8-10-3-1-2-6-18-10/h4-5,7,10,15-16H,1-3,6,8H2,(H,14,17). The Balaban J connectivity index is 1.88. The lowest BCUT2D eigenvalue weighted by molar-refractivity contribution is 0.0169. The molecule has 1 unspecified atom stereocenters. The summed E-state index contributed by atoms with van der Waals surface area (Å²) in [6, 6.07) is 4.00. The smallest absolute Gasteiger partial charge is 0.251 e. The minimum atomic E-state index is -0.295. The van der Waals surface area contributed by atoms with Crippen LogP contribution in [0.15, 0.2) is 18.2 Å². The van der Waals surface area contributed by atoms with Gasteiger partial charge in [0, 0.05) is 18.7 Å². The second-order valence-corrected chi connectivity index (χ2v) is 4.40. The van der Waals surface area contributed by atoms with Crippen LogP contribution in [-0.2, 0) is 4.74 Å². The predicted octanol–water partition coefficient (Wildman–Crippen LogP) is 1.40. The normalized spacial score (nSPS) is 19.4. The Morgan fingerprint density at radius 2 is 2.17 bits per heavy atom. The molecule has 18 heavy (non-hydrogen) atoms. The number of hydrogen-bond acceptors (Lipinski definition) is 4. The molecule has 5 heteroatoms. The van der Waals surface area contributed by atoms with Crippen LogP contribution in [0, 0.1) is 0 Å². The van der Waals surface area contributed by atoms with Crippen molar-refractivity contribution in [2.75, 3.05) is 13.2 Å². The van der Waals surface area contributed by atoms with Gasteiger partial charge in [-0.1, -0.05) is 0 Å². The summed E-state index contributed by atoms with van der Waals surface area (Å²) in [5.74, 6) is -0.807. The Hall–Kier alpha value is -1.75. The van der Waals surface area contributed by atoms with Gasteiger partial charge in [-0.15, -0.1) is 0 Å². The van der Waals surface area contributed by atoms with Gasteiger partial charge in [-0.2, -0.15) is 0 Å². The van der Waals surface area contributed by atoms with Crippen molar-refractivity contribution in [2.24, 2.45) is 0 Å². The molecule has 2 rings (SSSR count). The van der Waals surface area contributed by atoms with E-state index in [0.717, 1.165) is 25.9 Å². The molecule has 98 valence electrons. The van der Waals surface area contributed by atoms with Gasteiger partial charge < -0.3 is 20.3 Å². The van der Waals surface area contributed by atoms with Crippen LogP contribution in [0.2, 0.25) is 0 Å². The third-order valence-corrected chi connectivity index (χ3v) is 3.00. The van der Waals surface area contributed by atoms with E-state index in [-0.39, 0.29) is 23.5 Å². The van der Waals surface area contributed by atoms with Crippen molar-refractivity contribution >= 4 is 5.91 Å². The van der Waals surface area contributed by atoms with Crippen molar-refractivity contribution < 1.29 is 19.7 Å². The lowest BCUT2D eigenvalue weighted by Gasteiger charge is -2.22. The first-order valence-electron chi connectivity index (χ1n) is 6.08. The summed E-state index contributed by atoms with van der Waals surface area (Å²) in [5, 5.41) is 21.2. The number of rotatable bonds is 3. The van der Waals surface area contributed by atoms with E-state index in [4.69, 9.17) is 9.84 Å². The van der Waals surface area contributed by atoms with E-state index in [1.54, 1.807) is 0 Å². The number of ether oxygens (including phenoxy) is 1. The van der Waals surface area contributed by atoms with Crippen molar-refractivity contribution in [3.8, 4) is 11.5 Å². The number of aromatic hydroxyl groups is 2. The average Bonchev–Trinajstić information content (AvgIpc) is 2.40. The van der Waals surface area contributed by atoms with Gasteiger partial charge in [0.05, 0.1) is 6.10 Å². The summed E-state index contributed by atoms with van der Waals surface area (Å²) >= 11 is 0. The van der Waals surface area contributed by atoms with Crippen LogP contribution < -0.4 is 5.32 Å². The van der Waals surface area contributed by atoms with Gasteiger partial charge in [-0.05, 0) is 37.5 Å². The molecule has 1 fully saturated rings. The first-order valence-corrected chi connectivity index (χ1v) is 6.08. The number of carbonyl (C=O) groups is 1. The SMILES string of the molecule is O=C(NCC1CCCCO1)c1ccc(O)c(O)c1. The number of carbonyl (C=O) groups excluding carboxylic acids is 1. The number of hydrogen-bond donors (Lipinski definition) is 3. The molecule has 1 heterocycles. The van der Waals surface area contributed by atoms with Gasteiger partial charge in [0.2, 0.25) is 0 Å². The molecule has 1 amide bonds. The Morgan fingerprint density at radius 1 is 1.33 bits per heavy atom. The number of benzene rings is 1. The largest absolute Gasteiger partial charge is 0.504 e. The zero-order chi connectivity index (χ0) is 13.0. The first kappa shape index (κ1) is 12.7. The van der Waals surface area contributed by atoms with E-state index >= 15 is 0 Å². The molecular formula is C13H17NO4. The van der Waals surface area contributed by atoms with Gasteiger partial charge in [-0.3, -0.25) is 4.79 Å². The highest BCUT2D eigenvalue weighted by atomic mass is 16.5. The molecule has 0 aromatic heterocycles. The molecule has 0 spiro atoms. The van der Waals surface area contributed by atoms with Crippen molar-refractivity contribution in [2.45, 2.75) is 25.4 Å². The molecule has 0 aliphatic carbocycles. The minimum Gasteiger partial charge on any atom is -0.504 e. The quantitative estimate of drug-likeness (QED) is 0.709. The van der Waals surface area contributed by atoms with E-state index in [2.05, 4.69) is 5.32 Å². The van der Waals surface area contributed by atoms with Crippen LogP contribution in [0.1, 0.15) is 29.6 Å². The van der Waals surface area contributed by atoms with Crippen LogP contribution >= 0.6 is 0 Å². The Labute approximate surface area is 105 Å². The maximum Gasteiger partial charge on any atom is 0.251 e. The van der Waals surface area contributed by atoms with E-state index in [1.165, 1.54) is 18.2 Å². The molecule has 3 N–H and O–H groups in total. The molecular weight excluding hydrogens is 234 g/mol. The fraction of sp³-hybridized carbons (Fsp3) is 0.462.